The normalized spacial score (nSPS) is 18.2. The highest BCUT2D eigenvalue weighted by atomic mass is 35.5. The molecule has 0 radical (unpaired) electrons. The van der Waals surface area contributed by atoms with E-state index in [9.17, 15) is 40.3 Å². The number of hydrazone groups is 1. The van der Waals surface area contributed by atoms with Crippen LogP contribution in [0.25, 0.3) is 0 Å². The minimum absolute atomic E-state index is 0.000530. The summed E-state index contributed by atoms with van der Waals surface area (Å²) in [5, 5.41) is 6.28. The number of halogens is 8. The third-order valence-corrected chi connectivity index (χ3v) is 5.56. The Balaban J connectivity index is 1.95. The van der Waals surface area contributed by atoms with Crippen LogP contribution in [0.3, 0.4) is 0 Å². The summed E-state index contributed by atoms with van der Waals surface area (Å²) in [6.45, 7) is 2.38. The fourth-order valence-corrected chi connectivity index (χ4v) is 3.78. The van der Waals surface area contributed by atoms with E-state index in [-0.39, 0.29) is 23.6 Å². The van der Waals surface area contributed by atoms with Crippen molar-refractivity contribution in [3.63, 3.8) is 0 Å². The summed E-state index contributed by atoms with van der Waals surface area (Å²) in [5.74, 6) is -2.46. The number of carbonyl (C=O) groups excluding carboxylic acids is 2. The Kier molecular flexibility index (Phi) is 7.26. The van der Waals surface area contributed by atoms with Crippen LogP contribution in [0.5, 0.6) is 0 Å². The summed E-state index contributed by atoms with van der Waals surface area (Å²) < 4.78 is 96.5. The minimum Gasteiger partial charge on any atom is -0.465 e. The van der Waals surface area contributed by atoms with Crippen LogP contribution in [0, 0.1) is 11.2 Å². The van der Waals surface area contributed by atoms with Gasteiger partial charge in [-0.25, -0.2) is 14.2 Å². The van der Waals surface area contributed by atoms with Gasteiger partial charge in [0, 0.05) is 11.3 Å². The number of amides is 2. The first kappa shape index (κ1) is 27.2. The van der Waals surface area contributed by atoms with E-state index >= 15 is 0 Å². The van der Waals surface area contributed by atoms with E-state index in [1.54, 1.807) is 0 Å². The van der Waals surface area contributed by atoms with Crippen LogP contribution in [0.15, 0.2) is 41.5 Å². The molecule has 1 aliphatic rings. The summed E-state index contributed by atoms with van der Waals surface area (Å²) >= 11 is 5.79. The molecule has 1 unspecified atom stereocenters. The minimum atomic E-state index is -4.94. The highest BCUT2D eigenvalue weighted by Crippen LogP contribution is 2.38. The largest absolute Gasteiger partial charge is 0.465 e. The highest BCUT2D eigenvalue weighted by molar-refractivity contribution is 6.32. The fraction of sp³-hybridized carbons (Fsp3) is 0.318. The smallest absolute Gasteiger partial charge is 0.419 e. The maximum atomic E-state index is 13.9. The molecule has 2 aromatic rings. The fourth-order valence-electron chi connectivity index (χ4n) is 3.49. The zero-order valence-corrected chi connectivity index (χ0v) is 19.3. The number of urea groups is 1. The third-order valence-electron chi connectivity index (χ3n) is 5.24. The average molecular weight is 540 g/mol. The van der Waals surface area contributed by atoms with Crippen molar-refractivity contribution in [2.75, 3.05) is 18.5 Å². The van der Waals surface area contributed by atoms with Gasteiger partial charge < -0.3 is 10.1 Å². The van der Waals surface area contributed by atoms with Crippen molar-refractivity contribution in [2.24, 2.45) is 10.5 Å². The number of ether oxygens (including phenoxy) is 1. The number of anilines is 1. The molecule has 14 heteroatoms. The van der Waals surface area contributed by atoms with Crippen LogP contribution in [0.2, 0.25) is 5.02 Å². The first-order valence-corrected chi connectivity index (χ1v) is 10.5. The molecule has 2 aromatic carbocycles. The zero-order valence-electron chi connectivity index (χ0n) is 18.5. The molecule has 6 nitrogen and oxygen atoms in total. The van der Waals surface area contributed by atoms with Crippen molar-refractivity contribution >= 4 is 35.0 Å². The molecular formula is C22H17ClF7N3O3. The molecule has 0 saturated heterocycles. The molecule has 0 aliphatic carbocycles. The standard InChI is InChI=1S/C22H17ClF7N3O3/c1-3-36-18(34)20(2)10-33(19(35)31-12-5-7-14(16(24)9-12)22(28,29)30)32-17(20)11-4-6-13(15(23)8-11)21(25,26)27/h4-9H,3,10H2,1-2H3,(H,31,35). The van der Waals surface area contributed by atoms with E-state index in [4.69, 9.17) is 16.3 Å². The second kappa shape index (κ2) is 9.60. The topological polar surface area (TPSA) is 71.0 Å². The Hall–Kier alpha value is -3.35. The Labute approximate surface area is 204 Å². The van der Waals surface area contributed by atoms with E-state index in [0.29, 0.717) is 18.2 Å². The van der Waals surface area contributed by atoms with Crippen molar-refractivity contribution < 1.29 is 45.1 Å². The molecule has 1 aliphatic heterocycles. The van der Waals surface area contributed by atoms with Crippen molar-refractivity contribution in [1.29, 1.82) is 0 Å². The molecule has 2 amide bonds. The van der Waals surface area contributed by atoms with Crippen LogP contribution >= 0.6 is 11.6 Å². The Morgan fingerprint density at radius 2 is 1.69 bits per heavy atom. The lowest BCUT2D eigenvalue weighted by molar-refractivity contribution is -0.150. The first-order chi connectivity index (χ1) is 16.6. The number of hydrogen-bond acceptors (Lipinski definition) is 4. The zero-order chi connectivity index (χ0) is 27.1. The lowest BCUT2D eigenvalue weighted by Crippen LogP contribution is -2.42. The molecular weight excluding hydrogens is 523 g/mol. The maximum absolute atomic E-state index is 13.9. The predicted molar refractivity (Wildman–Crippen MR) is 115 cm³/mol. The van der Waals surface area contributed by atoms with Crippen molar-refractivity contribution in [2.45, 2.75) is 26.2 Å². The molecule has 0 fully saturated rings. The van der Waals surface area contributed by atoms with Gasteiger partial charge in [0.05, 0.1) is 35.0 Å². The van der Waals surface area contributed by atoms with Crippen molar-refractivity contribution in [1.82, 2.24) is 5.01 Å². The third kappa shape index (κ3) is 5.40. The van der Waals surface area contributed by atoms with Gasteiger partial charge in [0.2, 0.25) is 0 Å². The summed E-state index contributed by atoms with van der Waals surface area (Å²) in [5.41, 5.74) is -4.75. The molecule has 1 atom stereocenters. The summed E-state index contributed by atoms with van der Waals surface area (Å²) in [4.78, 5) is 25.5. The highest BCUT2D eigenvalue weighted by Gasteiger charge is 2.49. The molecule has 194 valence electrons. The number of rotatable bonds is 4. The van der Waals surface area contributed by atoms with Crippen molar-refractivity contribution in [3.05, 3.63) is 63.9 Å². The number of nitrogens with zero attached hydrogens (tertiary/aromatic N) is 2. The van der Waals surface area contributed by atoms with E-state index in [2.05, 4.69) is 10.4 Å². The van der Waals surface area contributed by atoms with E-state index in [0.717, 1.165) is 23.2 Å². The quantitative estimate of drug-likeness (QED) is 0.364. The Bertz CT molecular complexity index is 1230. The lowest BCUT2D eigenvalue weighted by Gasteiger charge is -2.24. The van der Waals surface area contributed by atoms with Gasteiger partial charge in [0.25, 0.3) is 0 Å². The molecule has 3 rings (SSSR count). The first-order valence-electron chi connectivity index (χ1n) is 10.2. The SMILES string of the molecule is CCOC(=O)C1(C)CN(C(=O)Nc2ccc(C(F)(F)F)c(F)c2)N=C1c1ccc(C(F)(F)F)c(Cl)c1. The number of nitrogens with one attached hydrogen (secondary N) is 1. The summed E-state index contributed by atoms with van der Waals surface area (Å²) in [7, 11) is 0. The molecule has 0 spiro atoms. The number of alkyl halides is 6. The van der Waals surface area contributed by atoms with Gasteiger partial charge in [-0.2, -0.15) is 31.4 Å². The number of esters is 1. The van der Waals surface area contributed by atoms with E-state index in [1.807, 2.05) is 0 Å². The van der Waals surface area contributed by atoms with Gasteiger partial charge >= 0.3 is 24.4 Å². The van der Waals surface area contributed by atoms with Gasteiger partial charge in [-0.3, -0.25) is 4.79 Å². The van der Waals surface area contributed by atoms with Gasteiger partial charge in [0.15, 0.2) is 0 Å². The monoisotopic (exact) mass is 539 g/mol. The second-order valence-electron chi connectivity index (χ2n) is 7.87. The van der Waals surface area contributed by atoms with Crippen LogP contribution in [-0.4, -0.2) is 35.9 Å². The van der Waals surface area contributed by atoms with Gasteiger partial charge in [0.1, 0.15) is 11.2 Å². The van der Waals surface area contributed by atoms with Gasteiger partial charge in [-0.1, -0.05) is 17.7 Å². The summed E-state index contributed by atoms with van der Waals surface area (Å²) in [6.07, 6.45) is -9.68. The second-order valence-corrected chi connectivity index (χ2v) is 8.28. The number of hydrogen-bond donors (Lipinski definition) is 1. The average Bonchev–Trinajstić information content (AvgIpc) is 3.11. The molecule has 0 saturated carbocycles. The maximum Gasteiger partial charge on any atom is 0.419 e. The Morgan fingerprint density at radius 3 is 2.22 bits per heavy atom. The molecule has 1 N–H and O–H groups in total. The number of benzene rings is 2. The van der Waals surface area contributed by atoms with Gasteiger partial charge in [-0.15, -0.1) is 0 Å². The molecule has 36 heavy (non-hydrogen) atoms. The lowest BCUT2D eigenvalue weighted by atomic mass is 9.82. The summed E-state index contributed by atoms with van der Waals surface area (Å²) in [6, 6.07) is 3.34. The molecule has 0 aromatic heterocycles. The van der Waals surface area contributed by atoms with Gasteiger partial charge in [-0.05, 0) is 44.2 Å². The Morgan fingerprint density at radius 1 is 1.08 bits per heavy atom. The predicted octanol–water partition coefficient (Wildman–Crippen LogP) is 6.34. The van der Waals surface area contributed by atoms with E-state index < -0.39 is 58.3 Å². The van der Waals surface area contributed by atoms with Crippen LogP contribution in [-0.2, 0) is 21.9 Å². The van der Waals surface area contributed by atoms with Crippen molar-refractivity contribution in [3.8, 4) is 0 Å². The molecule has 1 heterocycles. The molecule has 0 bridgehead atoms. The van der Waals surface area contributed by atoms with Crippen LogP contribution < -0.4 is 5.32 Å². The van der Waals surface area contributed by atoms with Crippen LogP contribution in [0.1, 0.15) is 30.5 Å². The number of carbonyl (C=O) groups is 2. The van der Waals surface area contributed by atoms with E-state index in [1.165, 1.54) is 13.8 Å². The van der Waals surface area contributed by atoms with Crippen LogP contribution in [0.4, 0.5) is 41.2 Å².